The first-order valence-corrected chi connectivity index (χ1v) is 7.51. The van der Waals surface area contributed by atoms with E-state index >= 15 is 0 Å². The molecule has 1 atom stereocenters. The van der Waals surface area contributed by atoms with Crippen molar-refractivity contribution >= 4 is 22.6 Å². The number of para-hydroxylation sites is 2. The van der Waals surface area contributed by atoms with E-state index in [4.69, 9.17) is 16.3 Å². The monoisotopic (exact) mass is 444 g/mol. The Labute approximate surface area is 157 Å². The van der Waals surface area contributed by atoms with E-state index in [9.17, 15) is 5.11 Å². The lowest BCUT2D eigenvalue weighted by Crippen LogP contribution is -3.00. The van der Waals surface area contributed by atoms with E-state index < -0.39 is 6.10 Å². The molecule has 0 aliphatic rings. The van der Waals surface area contributed by atoms with Crippen molar-refractivity contribution in [3.05, 3.63) is 59.9 Å². The summed E-state index contributed by atoms with van der Waals surface area (Å²) < 4.78 is 9.66. The molecule has 0 bridgehead atoms. The SMILES string of the molecule is C[n+]1cn(CC(O)COc2ccc(Cl)cc2)c2ccccc21.[I-]. The van der Waals surface area contributed by atoms with E-state index in [1.807, 2.05) is 40.7 Å². The van der Waals surface area contributed by atoms with E-state index in [1.54, 1.807) is 24.3 Å². The largest absolute Gasteiger partial charge is 1.00 e. The molecule has 1 aromatic heterocycles. The number of fused-ring (bicyclic) bond motifs is 1. The van der Waals surface area contributed by atoms with Crippen LogP contribution in [0.1, 0.15) is 0 Å². The molecule has 6 heteroatoms. The van der Waals surface area contributed by atoms with Crippen molar-refractivity contribution in [3.8, 4) is 5.75 Å². The van der Waals surface area contributed by atoms with Crippen LogP contribution in [0.5, 0.6) is 5.75 Å². The van der Waals surface area contributed by atoms with Crippen molar-refractivity contribution in [3.63, 3.8) is 0 Å². The van der Waals surface area contributed by atoms with Gasteiger partial charge in [0, 0.05) is 5.02 Å². The molecule has 0 aliphatic heterocycles. The number of benzene rings is 2. The van der Waals surface area contributed by atoms with Gasteiger partial charge in [-0.3, -0.25) is 0 Å². The average Bonchev–Trinajstić information content (AvgIpc) is 2.83. The molecule has 23 heavy (non-hydrogen) atoms. The molecule has 1 heterocycles. The van der Waals surface area contributed by atoms with Gasteiger partial charge in [0.05, 0.1) is 7.05 Å². The fraction of sp³-hybridized carbons (Fsp3) is 0.235. The van der Waals surface area contributed by atoms with Gasteiger partial charge in [0.1, 0.15) is 25.0 Å². The van der Waals surface area contributed by atoms with Crippen molar-refractivity contribution in [1.82, 2.24) is 4.57 Å². The maximum atomic E-state index is 10.2. The molecule has 0 amide bonds. The summed E-state index contributed by atoms with van der Waals surface area (Å²) in [6.07, 6.45) is 1.39. The van der Waals surface area contributed by atoms with Gasteiger partial charge in [0.25, 0.3) is 0 Å². The topological polar surface area (TPSA) is 38.3 Å². The van der Waals surface area contributed by atoms with Gasteiger partial charge in [0.15, 0.2) is 11.0 Å². The van der Waals surface area contributed by atoms with Gasteiger partial charge < -0.3 is 33.8 Å². The highest BCUT2D eigenvalue weighted by Crippen LogP contribution is 2.16. The molecule has 3 rings (SSSR count). The lowest BCUT2D eigenvalue weighted by molar-refractivity contribution is -0.645. The van der Waals surface area contributed by atoms with E-state index in [-0.39, 0.29) is 30.6 Å². The highest BCUT2D eigenvalue weighted by molar-refractivity contribution is 6.30. The zero-order valence-corrected chi connectivity index (χ0v) is 15.6. The fourth-order valence-corrected chi connectivity index (χ4v) is 2.61. The zero-order chi connectivity index (χ0) is 15.5. The van der Waals surface area contributed by atoms with Gasteiger partial charge in [-0.1, -0.05) is 23.7 Å². The van der Waals surface area contributed by atoms with E-state index in [0.717, 1.165) is 11.0 Å². The first-order valence-electron chi connectivity index (χ1n) is 7.13. The molecule has 0 saturated heterocycles. The second-order valence-electron chi connectivity index (χ2n) is 5.29. The Morgan fingerprint density at radius 3 is 2.61 bits per heavy atom. The Morgan fingerprint density at radius 1 is 1.17 bits per heavy atom. The Bertz CT molecular complexity index is 774. The van der Waals surface area contributed by atoms with Crippen LogP contribution in [0.3, 0.4) is 0 Å². The Morgan fingerprint density at radius 2 is 1.87 bits per heavy atom. The predicted molar refractivity (Wildman–Crippen MR) is 86.1 cm³/mol. The number of imidazole rings is 1. The third-order valence-electron chi connectivity index (χ3n) is 3.55. The summed E-state index contributed by atoms with van der Waals surface area (Å²) in [5, 5.41) is 10.9. The van der Waals surface area contributed by atoms with Crippen LogP contribution in [-0.2, 0) is 13.6 Å². The van der Waals surface area contributed by atoms with Gasteiger partial charge in [-0.05, 0) is 36.4 Å². The molecule has 1 N–H and O–H groups in total. The smallest absolute Gasteiger partial charge is 0.244 e. The first kappa shape index (κ1) is 18.0. The normalized spacial score (nSPS) is 12.0. The second-order valence-corrected chi connectivity index (χ2v) is 5.72. The number of nitrogens with zero attached hydrogens (tertiary/aromatic N) is 2. The van der Waals surface area contributed by atoms with Gasteiger partial charge in [0.2, 0.25) is 6.33 Å². The fourth-order valence-electron chi connectivity index (χ4n) is 2.49. The summed E-state index contributed by atoms with van der Waals surface area (Å²) in [7, 11) is 2.00. The first-order chi connectivity index (χ1) is 10.6. The van der Waals surface area contributed by atoms with E-state index in [2.05, 4.69) is 6.07 Å². The maximum Gasteiger partial charge on any atom is 0.244 e. The zero-order valence-electron chi connectivity index (χ0n) is 12.7. The quantitative estimate of drug-likeness (QED) is 0.428. The number of aliphatic hydroxyl groups is 1. The number of aromatic nitrogens is 2. The molecule has 1 unspecified atom stereocenters. The molecule has 0 spiro atoms. The van der Waals surface area contributed by atoms with Crippen molar-refractivity contribution in [2.24, 2.45) is 7.05 Å². The van der Waals surface area contributed by atoms with Crippen LogP contribution in [0.15, 0.2) is 54.9 Å². The molecule has 0 fully saturated rings. The Balaban J connectivity index is 0.00000192. The van der Waals surface area contributed by atoms with Crippen molar-refractivity contribution in [1.29, 1.82) is 0 Å². The minimum atomic E-state index is -0.591. The van der Waals surface area contributed by atoms with Crippen LogP contribution in [0.4, 0.5) is 0 Å². The summed E-state index contributed by atoms with van der Waals surface area (Å²) in [6.45, 7) is 0.715. The number of rotatable bonds is 5. The summed E-state index contributed by atoms with van der Waals surface area (Å²) in [5.41, 5.74) is 2.23. The summed E-state index contributed by atoms with van der Waals surface area (Å²) in [5.74, 6) is 0.700. The molecule has 0 radical (unpaired) electrons. The maximum absolute atomic E-state index is 10.2. The Hall–Kier alpha value is -1.31. The van der Waals surface area contributed by atoms with Gasteiger partial charge in [-0.25, -0.2) is 9.13 Å². The number of aliphatic hydroxyl groups excluding tert-OH is 1. The summed E-state index contributed by atoms with van der Waals surface area (Å²) in [4.78, 5) is 0. The Kier molecular flexibility index (Phi) is 6.26. The minimum Gasteiger partial charge on any atom is -1.00 e. The van der Waals surface area contributed by atoms with Gasteiger partial charge >= 0.3 is 0 Å². The molecule has 0 aliphatic carbocycles. The highest BCUT2D eigenvalue weighted by Gasteiger charge is 2.16. The molecule has 0 saturated carbocycles. The van der Waals surface area contributed by atoms with Crippen molar-refractivity contribution in [2.75, 3.05) is 6.61 Å². The number of hydrogen-bond donors (Lipinski definition) is 1. The molecule has 2 aromatic carbocycles. The van der Waals surface area contributed by atoms with Crippen LogP contribution in [0.2, 0.25) is 5.02 Å². The molecule has 4 nitrogen and oxygen atoms in total. The molecule has 122 valence electrons. The summed E-state index contributed by atoms with van der Waals surface area (Å²) in [6, 6.07) is 15.2. The average molecular weight is 445 g/mol. The third kappa shape index (κ3) is 4.37. The minimum absolute atomic E-state index is 0. The lowest BCUT2D eigenvalue weighted by Gasteiger charge is -2.11. The van der Waals surface area contributed by atoms with Crippen LogP contribution >= 0.6 is 11.6 Å². The number of halogens is 2. The number of aryl methyl sites for hydroxylation is 1. The van der Waals surface area contributed by atoms with Crippen LogP contribution in [0, 0.1) is 0 Å². The number of ether oxygens (including phenoxy) is 1. The van der Waals surface area contributed by atoms with Gasteiger partial charge in [-0.2, -0.15) is 0 Å². The second kappa shape index (κ2) is 7.99. The lowest BCUT2D eigenvalue weighted by atomic mass is 10.3. The highest BCUT2D eigenvalue weighted by atomic mass is 127. The van der Waals surface area contributed by atoms with Gasteiger partial charge in [-0.15, -0.1) is 0 Å². The van der Waals surface area contributed by atoms with Crippen molar-refractivity contribution < 1.29 is 38.4 Å². The molecular formula is C17H18ClIN2O2. The molecular weight excluding hydrogens is 427 g/mol. The van der Waals surface area contributed by atoms with Crippen LogP contribution in [0.25, 0.3) is 11.0 Å². The van der Waals surface area contributed by atoms with E-state index in [0.29, 0.717) is 17.3 Å². The number of hydrogen-bond acceptors (Lipinski definition) is 2. The summed E-state index contributed by atoms with van der Waals surface area (Å²) >= 11 is 5.83. The van der Waals surface area contributed by atoms with Crippen molar-refractivity contribution in [2.45, 2.75) is 12.6 Å². The third-order valence-corrected chi connectivity index (χ3v) is 3.80. The standard InChI is InChI=1S/C17H18ClN2O2.HI/c1-19-12-20(17-5-3-2-4-16(17)19)10-14(21)11-22-15-8-6-13(18)7-9-15;/h2-9,12,14,21H,10-11H2,1H3;1H/q+1;/p-1. The van der Waals surface area contributed by atoms with Crippen LogP contribution in [-0.4, -0.2) is 22.4 Å². The van der Waals surface area contributed by atoms with Crippen LogP contribution < -0.4 is 33.3 Å². The predicted octanol–water partition coefficient (Wildman–Crippen LogP) is -0.437. The van der Waals surface area contributed by atoms with E-state index in [1.165, 1.54) is 0 Å². The molecule has 3 aromatic rings.